The number of nitro benzene ring substituents is 1. The minimum absolute atomic E-state index is 0.0411. The molecule has 2 rings (SSSR count). The van der Waals surface area contributed by atoms with Gasteiger partial charge in [-0.1, -0.05) is 29.8 Å². The molecule has 0 spiro atoms. The van der Waals surface area contributed by atoms with Gasteiger partial charge < -0.3 is 0 Å². The average molecular weight is 318 g/mol. The lowest BCUT2D eigenvalue weighted by atomic mass is 10.1. The fourth-order valence-corrected chi connectivity index (χ4v) is 1.86. The molecule has 0 fully saturated rings. The molecule has 6 nitrogen and oxygen atoms in total. The number of hydrogen-bond acceptors (Lipinski definition) is 4. The summed E-state index contributed by atoms with van der Waals surface area (Å²) in [5.41, 5.74) is 4.07. The van der Waals surface area contributed by atoms with E-state index in [-0.39, 0.29) is 5.69 Å². The van der Waals surface area contributed by atoms with E-state index in [0.29, 0.717) is 16.1 Å². The van der Waals surface area contributed by atoms with Crippen LogP contribution in [-0.2, 0) is 0 Å². The van der Waals surface area contributed by atoms with Crippen molar-refractivity contribution in [3.63, 3.8) is 0 Å². The normalized spacial score (nSPS) is 10.6. The number of aryl methyl sites for hydroxylation is 1. The number of halogens is 1. The van der Waals surface area contributed by atoms with Gasteiger partial charge in [0.1, 0.15) is 0 Å². The third-order valence-electron chi connectivity index (χ3n) is 2.89. The Balaban J connectivity index is 2.05. The van der Waals surface area contributed by atoms with Crippen molar-refractivity contribution in [2.45, 2.75) is 6.92 Å². The average Bonchev–Trinajstić information content (AvgIpc) is 2.50. The van der Waals surface area contributed by atoms with Crippen molar-refractivity contribution in [2.24, 2.45) is 5.10 Å². The van der Waals surface area contributed by atoms with Crippen LogP contribution in [0.1, 0.15) is 21.5 Å². The van der Waals surface area contributed by atoms with Crippen molar-refractivity contribution >= 4 is 29.4 Å². The predicted octanol–water partition coefficient (Wildman–Crippen LogP) is 3.32. The van der Waals surface area contributed by atoms with Crippen LogP contribution >= 0.6 is 11.6 Å². The molecule has 0 saturated heterocycles. The first-order chi connectivity index (χ1) is 10.5. The summed E-state index contributed by atoms with van der Waals surface area (Å²) in [6, 6.07) is 10.9. The van der Waals surface area contributed by atoms with E-state index in [4.69, 9.17) is 11.6 Å². The summed E-state index contributed by atoms with van der Waals surface area (Å²) in [7, 11) is 0. The monoisotopic (exact) mass is 317 g/mol. The van der Waals surface area contributed by atoms with Gasteiger partial charge in [-0.2, -0.15) is 5.10 Å². The highest BCUT2D eigenvalue weighted by Gasteiger charge is 2.07. The van der Waals surface area contributed by atoms with Gasteiger partial charge in [-0.15, -0.1) is 0 Å². The molecule has 0 heterocycles. The molecule has 2 aromatic carbocycles. The first kappa shape index (κ1) is 15.7. The molecular weight excluding hydrogens is 306 g/mol. The van der Waals surface area contributed by atoms with E-state index in [1.54, 1.807) is 30.3 Å². The zero-order chi connectivity index (χ0) is 16.1. The summed E-state index contributed by atoms with van der Waals surface area (Å²) in [4.78, 5) is 22.0. The lowest BCUT2D eigenvalue weighted by Gasteiger charge is -2.02. The molecule has 22 heavy (non-hydrogen) atoms. The highest BCUT2D eigenvalue weighted by atomic mass is 35.5. The molecule has 0 aliphatic carbocycles. The van der Waals surface area contributed by atoms with Crippen LogP contribution in [0.3, 0.4) is 0 Å². The fraction of sp³-hybridized carbons (Fsp3) is 0.0667. The van der Waals surface area contributed by atoms with Gasteiger partial charge in [-0.3, -0.25) is 14.9 Å². The van der Waals surface area contributed by atoms with Crippen LogP contribution < -0.4 is 5.43 Å². The van der Waals surface area contributed by atoms with Crippen LogP contribution in [0.25, 0.3) is 0 Å². The second-order valence-electron chi connectivity index (χ2n) is 4.52. The summed E-state index contributed by atoms with van der Waals surface area (Å²) in [6.45, 7) is 1.84. The van der Waals surface area contributed by atoms with Gasteiger partial charge >= 0.3 is 0 Å². The number of non-ortho nitro benzene ring substituents is 1. The van der Waals surface area contributed by atoms with Gasteiger partial charge in [0.25, 0.3) is 11.6 Å². The Labute approximate surface area is 131 Å². The quantitative estimate of drug-likeness (QED) is 0.533. The molecule has 0 unspecified atom stereocenters. The number of rotatable bonds is 4. The molecular formula is C15H12ClN3O3. The number of hydrazone groups is 1. The third-order valence-corrected chi connectivity index (χ3v) is 3.30. The van der Waals surface area contributed by atoms with Gasteiger partial charge in [0.15, 0.2) is 0 Å². The van der Waals surface area contributed by atoms with Crippen molar-refractivity contribution in [1.82, 2.24) is 5.43 Å². The first-order valence-corrected chi connectivity index (χ1v) is 6.69. The second kappa shape index (κ2) is 6.82. The van der Waals surface area contributed by atoms with Crippen LogP contribution in [0, 0.1) is 17.0 Å². The highest BCUT2D eigenvalue weighted by molar-refractivity contribution is 6.31. The summed E-state index contributed by atoms with van der Waals surface area (Å²) >= 11 is 5.95. The van der Waals surface area contributed by atoms with Crippen molar-refractivity contribution < 1.29 is 9.72 Å². The van der Waals surface area contributed by atoms with Crippen LogP contribution in [0.5, 0.6) is 0 Å². The minimum Gasteiger partial charge on any atom is -0.267 e. The molecule has 112 valence electrons. The highest BCUT2D eigenvalue weighted by Crippen LogP contribution is 2.16. The largest absolute Gasteiger partial charge is 0.271 e. The molecule has 7 heteroatoms. The van der Waals surface area contributed by atoms with E-state index in [2.05, 4.69) is 10.5 Å². The molecule has 1 N–H and O–H groups in total. The van der Waals surface area contributed by atoms with Crippen LogP contribution in [0.4, 0.5) is 5.69 Å². The SMILES string of the molecule is Cc1ccc(C(=O)N/N=C\c2cccc([N+](=O)[O-])c2)cc1Cl. The van der Waals surface area contributed by atoms with Gasteiger partial charge in [-0.25, -0.2) is 5.43 Å². The van der Waals surface area contributed by atoms with E-state index in [0.717, 1.165) is 5.56 Å². The maximum Gasteiger partial charge on any atom is 0.271 e. The number of carbonyl (C=O) groups is 1. The van der Waals surface area contributed by atoms with E-state index >= 15 is 0 Å². The Morgan fingerprint density at radius 2 is 2.09 bits per heavy atom. The molecule has 0 atom stereocenters. The van der Waals surface area contributed by atoms with E-state index in [9.17, 15) is 14.9 Å². The number of benzene rings is 2. The van der Waals surface area contributed by atoms with Gasteiger partial charge in [-0.05, 0) is 24.6 Å². The number of carbonyl (C=O) groups excluding carboxylic acids is 1. The number of nitro groups is 1. The van der Waals surface area contributed by atoms with E-state index < -0.39 is 10.8 Å². The topological polar surface area (TPSA) is 84.6 Å². The Kier molecular flexibility index (Phi) is 4.85. The smallest absolute Gasteiger partial charge is 0.267 e. The van der Waals surface area contributed by atoms with Crippen LogP contribution in [0.2, 0.25) is 5.02 Å². The van der Waals surface area contributed by atoms with E-state index in [1.807, 2.05) is 6.92 Å². The second-order valence-corrected chi connectivity index (χ2v) is 4.92. The Hall–Kier alpha value is -2.73. The molecule has 0 aliphatic rings. The zero-order valence-corrected chi connectivity index (χ0v) is 12.4. The lowest BCUT2D eigenvalue weighted by Crippen LogP contribution is -2.17. The molecule has 0 radical (unpaired) electrons. The number of nitrogens with zero attached hydrogens (tertiary/aromatic N) is 2. The first-order valence-electron chi connectivity index (χ1n) is 6.31. The van der Waals surface area contributed by atoms with Crippen molar-refractivity contribution in [3.05, 3.63) is 74.3 Å². The Bertz CT molecular complexity index is 759. The van der Waals surface area contributed by atoms with E-state index in [1.165, 1.54) is 18.3 Å². The number of hydrogen-bond donors (Lipinski definition) is 1. The van der Waals surface area contributed by atoms with Crippen molar-refractivity contribution in [2.75, 3.05) is 0 Å². The lowest BCUT2D eigenvalue weighted by molar-refractivity contribution is -0.384. The van der Waals surface area contributed by atoms with Crippen LogP contribution in [0.15, 0.2) is 47.6 Å². The summed E-state index contributed by atoms with van der Waals surface area (Å²) in [5.74, 6) is -0.413. The molecule has 2 aromatic rings. The number of amides is 1. The Morgan fingerprint density at radius 1 is 1.32 bits per heavy atom. The summed E-state index contributed by atoms with van der Waals surface area (Å²) < 4.78 is 0. The molecule has 0 aliphatic heterocycles. The van der Waals surface area contributed by atoms with Crippen molar-refractivity contribution in [1.29, 1.82) is 0 Å². The zero-order valence-electron chi connectivity index (χ0n) is 11.6. The molecule has 1 amide bonds. The molecule has 0 aromatic heterocycles. The molecule has 0 saturated carbocycles. The Morgan fingerprint density at radius 3 is 2.77 bits per heavy atom. The molecule has 0 bridgehead atoms. The maximum absolute atomic E-state index is 11.9. The van der Waals surface area contributed by atoms with Gasteiger partial charge in [0.05, 0.1) is 11.1 Å². The van der Waals surface area contributed by atoms with Crippen LogP contribution in [-0.4, -0.2) is 17.0 Å². The number of nitrogens with one attached hydrogen (secondary N) is 1. The standard InChI is InChI=1S/C15H12ClN3O3/c1-10-5-6-12(8-14(10)16)15(20)18-17-9-11-3-2-4-13(7-11)19(21)22/h2-9H,1H3,(H,18,20)/b17-9-. The maximum atomic E-state index is 11.9. The minimum atomic E-state index is -0.496. The predicted molar refractivity (Wildman–Crippen MR) is 84.3 cm³/mol. The fourth-order valence-electron chi connectivity index (χ4n) is 1.68. The summed E-state index contributed by atoms with van der Waals surface area (Å²) in [5, 5.41) is 14.9. The summed E-state index contributed by atoms with van der Waals surface area (Å²) in [6.07, 6.45) is 1.33. The van der Waals surface area contributed by atoms with Crippen molar-refractivity contribution in [3.8, 4) is 0 Å². The van der Waals surface area contributed by atoms with Gasteiger partial charge in [0, 0.05) is 28.3 Å². The third kappa shape index (κ3) is 3.89. The van der Waals surface area contributed by atoms with Gasteiger partial charge in [0.2, 0.25) is 0 Å².